The van der Waals surface area contributed by atoms with Crippen molar-refractivity contribution in [1.29, 1.82) is 0 Å². The minimum atomic E-state index is -3.81. The van der Waals surface area contributed by atoms with Gasteiger partial charge in [-0.2, -0.15) is 4.31 Å². The minimum absolute atomic E-state index is 0.0220. The highest BCUT2D eigenvalue weighted by molar-refractivity contribution is 7.89. The molecule has 3 fully saturated rings. The Morgan fingerprint density at radius 2 is 1.97 bits per heavy atom. The third-order valence-electron chi connectivity index (χ3n) is 7.80. The molecular formula is C22H33N3O4S. The van der Waals surface area contributed by atoms with Crippen LogP contribution in [0.1, 0.15) is 56.8 Å². The SMILES string of the molecule is CNc1ccc(C(=O)NC2C(C)(C)[C@H]3CC[C@@]2(C)C3)cc1S(=O)(=O)N1CC[C@@H](O)C1. The van der Waals surface area contributed by atoms with Crippen LogP contribution >= 0.6 is 0 Å². The number of carbonyl (C=O) groups excluding carboxylic acids is 1. The van der Waals surface area contributed by atoms with E-state index in [4.69, 9.17) is 0 Å². The Labute approximate surface area is 179 Å². The number of carbonyl (C=O) groups is 1. The minimum Gasteiger partial charge on any atom is -0.392 e. The molecule has 3 aliphatic rings. The summed E-state index contributed by atoms with van der Waals surface area (Å²) in [7, 11) is -2.15. The maximum Gasteiger partial charge on any atom is 0.251 e. The number of aliphatic hydroxyl groups is 1. The lowest BCUT2D eigenvalue weighted by Gasteiger charge is -2.43. The van der Waals surface area contributed by atoms with Gasteiger partial charge in [0, 0.05) is 31.7 Å². The van der Waals surface area contributed by atoms with E-state index in [0.29, 0.717) is 23.6 Å². The molecule has 2 bridgehead atoms. The summed E-state index contributed by atoms with van der Waals surface area (Å²) in [5.41, 5.74) is 0.901. The molecule has 1 unspecified atom stereocenters. The first-order valence-electron chi connectivity index (χ1n) is 10.8. The predicted octanol–water partition coefficient (Wildman–Crippen LogP) is 2.43. The van der Waals surface area contributed by atoms with Crippen LogP contribution in [-0.2, 0) is 10.0 Å². The number of β-amino-alcohol motifs (C(OH)–C–C–N with tert-alkyl or cyclic N) is 1. The number of amides is 1. The topological polar surface area (TPSA) is 98.7 Å². The van der Waals surface area contributed by atoms with Crippen molar-refractivity contribution in [3.8, 4) is 0 Å². The van der Waals surface area contributed by atoms with Gasteiger partial charge >= 0.3 is 0 Å². The van der Waals surface area contributed by atoms with Crippen LogP contribution < -0.4 is 10.6 Å². The lowest BCUT2D eigenvalue weighted by molar-refractivity contribution is 0.0737. The Morgan fingerprint density at radius 1 is 1.23 bits per heavy atom. The van der Waals surface area contributed by atoms with Gasteiger partial charge in [0.05, 0.1) is 11.8 Å². The normalized spacial score (nSPS) is 33.0. The maximum atomic E-state index is 13.2. The van der Waals surface area contributed by atoms with Gasteiger partial charge in [-0.3, -0.25) is 4.79 Å². The highest BCUT2D eigenvalue weighted by Crippen LogP contribution is 2.62. The van der Waals surface area contributed by atoms with Gasteiger partial charge in [0.2, 0.25) is 10.0 Å². The molecule has 0 radical (unpaired) electrons. The van der Waals surface area contributed by atoms with E-state index in [1.807, 2.05) is 0 Å². The summed E-state index contributed by atoms with van der Waals surface area (Å²) in [5.74, 6) is 0.374. The van der Waals surface area contributed by atoms with Crippen LogP contribution in [0.4, 0.5) is 5.69 Å². The summed E-state index contributed by atoms with van der Waals surface area (Å²) in [4.78, 5) is 13.3. The molecule has 0 aromatic heterocycles. The van der Waals surface area contributed by atoms with E-state index in [1.54, 1.807) is 19.2 Å². The van der Waals surface area contributed by atoms with E-state index in [-0.39, 0.29) is 40.8 Å². The third kappa shape index (κ3) is 3.33. The number of aliphatic hydroxyl groups excluding tert-OH is 1. The Morgan fingerprint density at radius 3 is 2.53 bits per heavy atom. The zero-order valence-corrected chi connectivity index (χ0v) is 19.1. The molecule has 1 aliphatic heterocycles. The van der Waals surface area contributed by atoms with Gasteiger partial charge < -0.3 is 15.7 Å². The number of hydrogen-bond donors (Lipinski definition) is 3. The van der Waals surface area contributed by atoms with Crippen molar-refractivity contribution in [2.24, 2.45) is 16.7 Å². The molecule has 1 aromatic carbocycles. The molecule has 4 atom stereocenters. The molecule has 166 valence electrons. The van der Waals surface area contributed by atoms with Crippen LogP contribution in [0, 0.1) is 16.7 Å². The number of benzene rings is 1. The number of nitrogens with zero attached hydrogens (tertiary/aromatic N) is 1. The molecule has 8 heteroatoms. The molecule has 30 heavy (non-hydrogen) atoms. The number of fused-ring (bicyclic) bond motifs is 2. The van der Waals surface area contributed by atoms with E-state index in [2.05, 4.69) is 31.4 Å². The van der Waals surface area contributed by atoms with Gasteiger partial charge in [-0.1, -0.05) is 20.8 Å². The maximum absolute atomic E-state index is 13.2. The van der Waals surface area contributed by atoms with Crippen molar-refractivity contribution >= 4 is 21.6 Å². The van der Waals surface area contributed by atoms with Gasteiger partial charge in [0.1, 0.15) is 4.90 Å². The lowest BCUT2D eigenvalue weighted by atomic mass is 9.68. The molecule has 0 spiro atoms. The lowest BCUT2D eigenvalue weighted by Crippen LogP contribution is -2.52. The fourth-order valence-corrected chi connectivity index (χ4v) is 7.74. The first-order chi connectivity index (χ1) is 14.0. The van der Waals surface area contributed by atoms with Crippen LogP contribution in [0.15, 0.2) is 23.1 Å². The molecule has 4 rings (SSSR count). The number of sulfonamides is 1. The zero-order valence-electron chi connectivity index (χ0n) is 18.2. The van der Waals surface area contributed by atoms with Crippen molar-refractivity contribution in [1.82, 2.24) is 9.62 Å². The van der Waals surface area contributed by atoms with Crippen molar-refractivity contribution in [2.75, 3.05) is 25.5 Å². The molecule has 1 aromatic rings. The molecule has 2 saturated carbocycles. The fourth-order valence-electron chi connectivity index (χ4n) is 6.03. The summed E-state index contributed by atoms with van der Waals surface area (Å²) < 4.78 is 27.6. The standard InChI is InChI=1S/C22H33N3O4S/c1-21(2)15-7-9-22(3,12-15)20(21)24-19(27)14-5-6-17(23-4)18(11-14)30(28,29)25-10-8-16(26)13-25/h5-6,11,15-16,20,23,26H,7-10,12-13H2,1-4H3,(H,24,27)/t15-,16+,20?,22-/m0/s1. The van der Waals surface area contributed by atoms with Gasteiger partial charge in [-0.05, 0) is 60.6 Å². The second kappa shape index (κ2) is 7.21. The Kier molecular flexibility index (Phi) is 5.19. The largest absolute Gasteiger partial charge is 0.392 e. The summed E-state index contributed by atoms with van der Waals surface area (Å²) in [6.07, 6.45) is 3.22. The van der Waals surface area contributed by atoms with Gasteiger partial charge in [-0.15, -0.1) is 0 Å². The molecule has 1 saturated heterocycles. The average Bonchev–Trinajstić information content (AvgIpc) is 3.36. The second-order valence-corrected chi connectivity index (χ2v) is 12.0. The molecule has 1 amide bonds. The average molecular weight is 436 g/mol. The monoisotopic (exact) mass is 435 g/mol. The number of nitrogens with one attached hydrogen (secondary N) is 2. The molecule has 7 nitrogen and oxygen atoms in total. The summed E-state index contributed by atoms with van der Waals surface area (Å²) in [6, 6.07) is 4.83. The quantitative estimate of drug-likeness (QED) is 0.660. The van der Waals surface area contributed by atoms with E-state index in [9.17, 15) is 18.3 Å². The Balaban J connectivity index is 1.63. The van der Waals surface area contributed by atoms with E-state index in [1.165, 1.54) is 16.8 Å². The van der Waals surface area contributed by atoms with Gasteiger partial charge in [0.25, 0.3) is 5.91 Å². The summed E-state index contributed by atoms with van der Waals surface area (Å²) in [6.45, 7) is 7.07. The van der Waals surface area contributed by atoms with Crippen LogP contribution in [0.2, 0.25) is 0 Å². The van der Waals surface area contributed by atoms with E-state index in [0.717, 1.165) is 12.8 Å². The van der Waals surface area contributed by atoms with Crippen molar-refractivity contribution < 1.29 is 18.3 Å². The van der Waals surface area contributed by atoms with E-state index >= 15 is 0 Å². The summed E-state index contributed by atoms with van der Waals surface area (Å²) >= 11 is 0. The smallest absolute Gasteiger partial charge is 0.251 e. The zero-order chi connectivity index (χ0) is 21.9. The van der Waals surface area contributed by atoms with Crippen molar-refractivity contribution in [3.63, 3.8) is 0 Å². The number of anilines is 1. The van der Waals surface area contributed by atoms with Crippen LogP contribution in [-0.4, -0.2) is 56.0 Å². The number of hydrogen-bond acceptors (Lipinski definition) is 5. The fraction of sp³-hybridized carbons (Fsp3) is 0.682. The molecule has 2 aliphatic carbocycles. The first-order valence-corrected chi connectivity index (χ1v) is 12.2. The third-order valence-corrected chi connectivity index (χ3v) is 9.71. The predicted molar refractivity (Wildman–Crippen MR) is 116 cm³/mol. The highest BCUT2D eigenvalue weighted by atomic mass is 32.2. The van der Waals surface area contributed by atoms with Crippen LogP contribution in [0.5, 0.6) is 0 Å². The Bertz CT molecular complexity index is 956. The van der Waals surface area contributed by atoms with Crippen LogP contribution in [0.25, 0.3) is 0 Å². The van der Waals surface area contributed by atoms with E-state index < -0.39 is 16.1 Å². The van der Waals surface area contributed by atoms with Crippen molar-refractivity contribution in [3.05, 3.63) is 23.8 Å². The second-order valence-electron chi connectivity index (χ2n) is 10.1. The molecular weight excluding hydrogens is 402 g/mol. The number of rotatable bonds is 5. The van der Waals surface area contributed by atoms with Gasteiger partial charge in [0.15, 0.2) is 0 Å². The highest BCUT2D eigenvalue weighted by Gasteiger charge is 2.59. The first kappa shape index (κ1) is 21.6. The summed E-state index contributed by atoms with van der Waals surface area (Å²) in [5, 5.41) is 15.9. The van der Waals surface area contributed by atoms with Crippen molar-refractivity contribution in [2.45, 2.75) is 63.5 Å². The van der Waals surface area contributed by atoms with Gasteiger partial charge in [-0.25, -0.2) is 8.42 Å². The molecule has 3 N–H and O–H groups in total. The van der Waals surface area contributed by atoms with Crippen LogP contribution in [0.3, 0.4) is 0 Å². The molecule has 1 heterocycles. The Hall–Kier alpha value is -1.64.